The van der Waals surface area contributed by atoms with Crippen molar-refractivity contribution in [3.63, 3.8) is 0 Å². The fourth-order valence-electron chi connectivity index (χ4n) is 3.00. The van der Waals surface area contributed by atoms with E-state index in [0.29, 0.717) is 12.3 Å². The van der Waals surface area contributed by atoms with Gasteiger partial charge >= 0.3 is 6.18 Å². The Hall–Kier alpha value is -1.36. The number of carbonyl (C=O) groups is 1. The van der Waals surface area contributed by atoms with E-state index in [9.17, 15) is 18.0 Å². The Morgan fingerprint density at radius 1 is 1.00 bits per heavy atom. The zero-order chi connectivity index (χ0) is 20.1. The standard InChI is InChI=1S/C21H32F3NO/c1-14(2)11-12-25(16(5)6)19(20(26)15(3)4)13-17-7-9-18(10-8-17)21(22,23)24/h7-10,14-16,19H,11-13H2,1-6H3/t19-/m0/s1. The van der Waals surface area contributed by atoms with Gasteiger partial charge in [-0.25, -0.2) is 0 Å². The predicted octanol–water partition coefficient (Wildman–Crippen LogP) is 5.60. The average Bonchev–Trinajstić information content (AvgIpc) is 2.52. The maximum atomic E-state index is 12.8. The van der Waals surface area contributed by atoms with Crippen LogP contribution in [-0.4, -0.2) is 29.3 Å². The molecular formula is C21H32F3NO. The van der Waals surface area contributed by atoms with E-state index >= 15 is 0 Å². The third-order valence-electron chi connectivity index (χ3n) is 4.64. The summed E-state index contributed by atoms with van der Waals surface area (Å²) in [6.07, 6.45) is -2.93. The average molecular weight is 371 g/mol. The quantitative estimate of drug-likeness (QED) is 0.563. The molecule has 0 radical (unpaired) electrons. The highest BCUT2D eigenvalue weighted by Crippen LogP contribution is 2.29. The zero-order valence-corrected chi connectivity index (χ0v) is 16.7. The Bertz CT molecular complexity index is 562. The van der Waals surface area contributed by atoms with Crippen molar-refractivity contribution in [3.8, 4) is 0 Å². The van der Waals surface area contributed by atoms with Gasteiger partial charge in [-0.2, -0.15) is 13.2 Å². The molecule has 0 heterocycles. The van der Waals surface area contributed by atoms with E-state index in [1.807, 2.05) is 13.8 Å². The minimum absolute atomic E-state index is 0.116. The van der Waals surface area contributed by atoms with Crippen molar-refractivity contribution in [2.75, 3.05) is 6.54 Å². The fourth-order valence-corrected chi connectivity index (χ4v) is 3.00. The van der Waals surface area contributed by atoms with Crippen molar-refractivity contribution < 1.29 is 18.0 Å². The lowest BCUT2D eigenvalue weighted by molar-refractivity contribution is -0.137. The van der Waals surface area contributed by atoms with Crippen LogP contribution in [0.25, 0.3) is 0 Å². The molecule has 1 atom stereocenters. The molecule has 1 aromatic rings. The number of rotatable bonds is 9. The maximum absolute atomic E-state index is 12.8. The number of hydrogen-bond acceptors (Lipinski definition) is 2. The van der Waals surface area contributed by atoms with E-state index in [1.165, 1.54) is 12.1 Å². The normalized spacial score (nSPS) is 13.9. The molecule has 0 unspecified atom stereocenters. The lowest BCUT2D eigenvalue weighted by Gasteiger charge is -2.35. The second kappa shape index (κ2) is 9.54. The molecule has 0 aliphatic carbocycles. The molecule has 0 N–H and O–H groups in total. The maximum Gasteiger partial charge on any atom is 0.416 e. The third kappa shape index (κ3) is 6.75. The van der Waals surface area contributed by atoms with Gasteiger partial charge in [0.25, 0.3) is 0 Å². The molecule has 0 spiro atoms. The van der Waals surface area contributed by atoms with E-state index in [4.69, 9.17) is 0 Å². The number of hydrogen-bond donors (Lipinski definition) is 0. The minimum Gasteiger partial charge on any atom is -0.298 e. The molecule has 0 aromatic heterocycles. The van der Waals surface area contributed by atoms with Gasteiger partial charge in [-0.05, 0) is 56.8 Å². The van der Waals surface area contributed by atoms with Gasteiger partial charge in [-0.15, -0.1) is 0 Å². The highest BCUT2D eigenvalue weighted by Gasteiger charge is 2.32. The van der Waals surface area contributed by atoms with Crippen LogP contribution in [0, 0.1) is 11.8 Å². The highest BCUT2D eigenvalue weighted by molar-refractivity contribution is 5.86. The molecule has 5 heteroatoms. The van der Waals surface area contributed by atoms with Gasteiger partial charge in [0.15, 0.2) is 5.78 Å². The molecule has 0 saturated carbocycles. The zero-order valence-electron chi connectivity index (χ0n) is 16.7. The summed E-state index contributed by atoms with van der Waals surface area (Å²) in [5.41, 5.74) is 0.0979. The number of alkyl halides is 3. The first-order valence-electron chi connectivity index (χ1n) is 9.39. The van der Waals surface area contributed by atoms with Crippen molar-refractivity contribution in [2.45, 2.75) is 72.6 Å². The Labute approximate surface area is 155 Å². The summed E-state index contributed by atoms with van der Waals surface area (Å²) in [5, 5.41) is 0. The largest absolute Gasteiger partial charge is 0.416 e. The van der Waals surface area contributed by atoms with Crippen LogP contribution in [0.2, 0.25) is 0 Å². The summed E-state index contributed by atoms with van der Waals surface area (Å²) in [5.74, 6) is 0.550. The Kier molecular flexibility index (Phi) is 8.32. The van der Waals surface area contributed by atoms with E-state index < -0.39 is 11.7 Å². The van der Waals surface area contributed by atoms with E-state index in [2.05, 4.69) is 32.6 Å². The van der Waals surface area contributed by atoms with E-state index in [-0.39, 0.29) is 23.8 Å². The monoisotopic (exact) mass is 371 g/mol. The summed E-state index contributed by atoms with van der Waals surface area (Å²) in [7, 11) is 0. The van der Waals surface area contributed by atoms with Gasteiger partial charge in [-0.3, -0.25) is 9.69 Å². The fraction of sp³-hybridized carbons (Fsp3) is 0.667. The van der Waals surface area contributed by atoms with E-state index in [0.717, 1.165) is 30.7 Å². The summed E-state index contributed by atoms with van der Waals surface area (Å²) in [6.45, 7) is 13.0. The van der Waals surface area contributed by atoms with Crippen molar-refractivity contribution in [2.24, 2.45) is 11.8 Å². The molecule has 2 nitrogen and oxygen atoms in total. The van der Waals surface area contributed by atoms with Gasteiger partial charge in [-0.1, -0.05) is 39.8 Å². The van der Waals surface area contributed by atoms with Crippen molar-refractivity contribution in [3.05, 3.63) is 35.4 Å². The molecule has 0 amide bonds. The predicted molar refractivity (Wildman–Crippen MR) is 100 cm³/mol. The Balaban J connectivity index is 3.07. The molecule has 26 heavy (non-hydrogen) atoms. The van der Waals surface area contributed by atoms with Gasteiger partial charge in [0.1, 0.15) is 0 Å². The molecule has 0 aliphatic rings. The number of benzene rings is 1. The van der Waals surface area contributed by atoms with Crippen LogP contribution in [0.1, 0.15) is 59.1 Å². The molecule has 1 aromatic carbocycles. The smallest absolute Gasteiger partial charge is 0.298 e. The molecule has 0 fully saturated rings. The lowest BCUT2D eigenvalue weighted by Crippen LogP contribution is -2.48. The summed E-state index contributed by atoms with van der Waals surface area (Å²) < 4.78 is 38.3. The van der Waals surface area contributed by atoms with Crippen LogP contribution in [0.15, 0.2) is 24.3 Å². The number of halogens is 3. The van der Waals surface area contributed by atoms with E-state index in [1.54, 1.807) is 0 Å². The van der Waals surface area contributed by atoms with Crippen LogP contribution >= 0.6 is 0 Å². The second-order valence-electron chi connectivity index (χ2n) is 7.99. The first-order valence-corrected chi connectivity index (χ1v) is 9.39. The Morgan fingerprint density at radius 3 is 1.92 bits per heavy atom. The Morgan fingerprint density at radius 2 is 1.54 bits per heavy atom. The van der Waals surface area contributed by atoms with Crippen molar-refractivity contribution >= 4 is 5.78 Å². The summed E-state index contributed by atoms with van der Waals surface area (Å²) in [6, 6.07) is 5.05. The lowest BCUT2D eigenvalue weighted by atomic mass is 9.92. The number of Topliss-reactive ketones (excluding diaryl/α,β-unsaturated/α-hetero) is 1. The van der Waals surface area contributed by atoms with Gasteiger partial charge in [0.05, 0.1) is 11.6 Å². The molecule has 0 saturated heterocycles. The van der Waals surface area contributed by atoms with Gasteiger partial charge < -0.3 is 0 Å². The SMILES string of the molecule is CC(C)CCN(C(C)C)[C@@H](Cc1ccc(C(F)(F)F)cc1)C(=O)C(C)C. The number of carbonyl (C=O) groups excluding carboxylic acids is 1. The third-order valence-corrected chi connectivity index (χ3v) is 4.64. The van der Waals surface area contributed by atoms with Crippen molar-refractivity contribution in [1.29, 1.82) is 0 Å². The topological polar surface area (TPSA) is 20.3 Å². The van der Waals surface area contributed by atoms with Crippen LogP contribution in [-0.2, 0) is 17.4 Å². The molecule has 0 aliphatic heterocycles. The molecule has 148 valence electrons. The first kappa shape index (κ1) is 22.7. The summed E-state index contributed by atoms with van der Waals surface area (Å²) >= 11 is 0. The van der Waals surface area contributed by atoms with Crippen LogP contribution in [0.5, 0.6) is 0 Å². The molecule has 1 rings (SSSR count). The van der Waals surface area contributed by atoms with Gasteiger partial charge in [0, 0.05) is 12.0 Å². The molecule has 0 bridgehead atoms. The van der Waals surface area contributed by atoms with Crippen LogP contribution in [0.3, 0.4) is 0 Å². The highest BCUT2D eigenvalue weighted by atomic mass is 19.4. The number of ketones is 1. The van der Waals surface area contributed by atoms with Crippen molar-refractivity contribution in [1.82, 2.24) is 4.90 Å². The van der Waals surface area contributed by atoms with Crippen LogP contribution in [0.4, 0.5) is 13.2 Å². The first-order chi connectivity index (χ1) is 11.9. The minimum atomic E-state index is -4.34. The number of nitrogens with zero attached hydrogens (tertiary/aromatic N) is 1. The van der Waals surface area contributed by atoms with Crippen LogP contribution < -0.4 is 0 Å². The summed E-state index contributed by atoms with van der Waals surface area (Å²) in [4.78, 5) is 15.0. The van der Waals surface area contributed by atoms with Gasteiger partial charge in [0.2, 0.25) is 0 Å². The second-order valence-corrected chi connectivity index (χ2v) is 7.99. The molecular weight excluding hydrogens is 339 g/mol.